The number of hydrogen-bond donors (Lipinski definition) is 1. The number of anilines is 1. The highest BCUT2D eigenvalue weighted by Gasteiger charge is 2.28. The summed E-state index contributed by atoms with van der Waals surface area (Å²) in [5, 5.41) is 8.96. The molecule has 2 rings (SSSR count). The fourth-order valence-corrected chi connectivity index (χ4v) is 2.34. The van der Waals surface area contributed by atoms with Crippen molar-refractivity contribution >= 4 is 17.6 Å². The molecular formula is C15H19NO3. The Balaban J connectivity index is 2.23. The third-order valence-corrected chi connectivity index (χ3v) is 3.20. The van der Waals surface area contributed by atoms with Crippen LogP contribution in [0, 0.1) is 5.41 Å². The molecule has 4 nitrogen and oxygen atoms in total. The van der Waals surface area contributed by atoms with Gasteiger partial charge in [-0.15, -0.1) is 0 Å². The molecular weight excluding hydrogens is 242 g/mol. The van der Waals surface area contributed by atoms with Crippen LogP contribution in [-0.4, -0.2) is 23.5 Å². The standard InChI is InChI=1S/C15H19NO3/c1-15(2,3)9-13(17)16-7-6-10-8-11(14(18)19)4-5-12(10)16/h4-5,8H,6-7,9H2,1-3H3,(H,18,19). The Morgan fingerprint density at radius 2 is 2.00 bits per heavy atom. The molecule has 0 aromatic heterocycles. The van der Waals surface area contributed by atoms with E-state index in [0.29, 0.717) is 13.0 Å². The van der Waals surface area contributed by atoms with E-state index >= 15 is 0 Å². The van der Waals surface area contributed by atoms with Gasteiger partial charge in [-0.3, -0.25) is 4.79 Å². The quantitative estimate of drug-likeness (QED) is 0.890. The molecule has 0 atom stereocenters. The fraction of sp³-hybridized carbons (Fsp3) is 0.467. The van der Waals surface area contributed by atoms with Crippen molar-refractivity contribution in [2.45, 2.75) is 33.6 Å². The maximum absolute atomic E-state index is 12.3. The van der Waals surface area contributed by atoms with Crippen molar-refractivity contribution in [3.63, 3.8) is 0 Å². The molecule has 0 fully saturated rings. The van der Waals surface area contributed by atoms with Gasteiger partial charge in [0.05, 0.1) is 5.56 Å². The summed E-state index contributed by atoms with van der Waals surface area (Å²) in [4.78, 5) is 24.9. The summed E-state index contributed by atoms with van der Waals surface area (Å²) in [5.74, 6) is -0.823. The smallest absolute Gasteiger partial charge is 0.335 e. The second kappa shape index (κ2) is 4.68. The number of nitrogens with zero attached hydrogens (tertiary/aromatic N) is 1. The second-order valence-electron chi connectivity index (χ2n) is 6.18. The van der Waals surface area contributed by atoms with Gasteiger partial charge < -0.3 is 10.0 Å². The number of amides is 1. The Labute approximate surface area is 113 Å². The van der Waals surface area contributed by atoms with Crippen LogP contribution in [0.1, 0.15) is 43.1 Å². The van der Waals surface area contributed by atoms with E-state index in [1.54, 1.807) is 23.1 Å². The van der Waals surface area contributed by atoms with E-state index in [0.717, 1.165) is 17.7 Å². The molecule has 102 valence electrons. The van der Waals surface area contributed by atoms with Crippen LogP contribution >= 0.6 is 0 Å². The highest BCUT2D eigenvalue weighted by Crippen LogP contribution is 2.31. The van der Waals surface area contributed by atoms with Crippen molar-refractivity contribution in [1.29, 1.82) is 0 Å². The minimum Gasteiger partial charge on any atom is -0.478 e. The minimum absolute atomic E-state index is 0.0408. The molecule has 0 unspecified atom stereocenters. The lowest BCUT2D eigenvalue weighted by atomic mass is 9.91. The third-order valence-electron chi connectivity index (χ3n) is 3.20. The number of carbonyl (C=O) groups is 2. The molecule has 0 radical (unpaired) electrons. The Morgan fingerprint density at radius 1 is 1.32 bits per heavy atom. The molecule has 1 N–H and O–H groups in total. The first-order chi connectivity index (χ1) is 8.78. The van der Waals surface area contributed by atoms with Crippen molar-refractivity contribution < 1.29 is 14.7 Å². The summed E-state index contributed by atoms with van der Waals surface area (Å²) >= 11 is 0. The van der Waals surface area contributed by atoms with Gasteiger partial charge in [-0.25, -0.2) is 4.79 Å². The topological polar surface area (TPSA) is 57.6 Å². The second-order valence-corrected chi connectivity index (χ2v) is 6.18. The van der Waals surface area contributed by atoms with Crippen LogP contribution in [0.25, 0.3) is 0 Å². The first-order valence-corrected chi connectivity index (χ1v) is 6.44. The lowest BCUT2D eigenvalue weighted by Gasteiger charge is -2.23. The van der Waals surface area contributed by atoms with Gasteiger partial charge in [0.1, 0.15) is 0 Å². The summed E-state index contributed by atoms with van der Waals surface area (Å²) in [6.07, 6.45) is 1.22. The van der Waals surface area contributed by atoms with E-state index in [2.05, 4.69) is 0 Å². The van der Waals surface area contributed by atoms with Crippen LogP contribution in [0.4, 0.5) is 5.69 Å². The maximum Gasteiger partial charge on any atom is 0.335 e. The number of hydrogen-bond acceptors (Lipinski definition) is 2. The van der Waals surface area contributed by atoms with E-state index in [1.165, 1.54) is 0 Å². The number of benzene rings is 1. The predicted molar refractivity (Wildman–Crippen MR) is 73.5 cm³/mol. The van der Waals surface area contributed by atoms with Gasteiger partial charge in [0, 0.05) is 18.7 Å². The summed E-state index contributed by atoms with van der Waals surface area (Å²) in [5.41, 5.74) is 2.05. The monoisotopic (exact) mass is 261 g/mol. The van der Waals surface area contributed by atoms with E-state index in [9.17, 15) is 9.59 Å². The number of carboxylic acids is 1. The number of aromatic carboxylic acids is 1. The summed E-state index contributed by atoms with van der Waals surface area (Å²) < 4.78 is 0. The van der Waals surface area contributed by atoms with E-state index < -0.39 is 5.97 Å². The maximum atomic E-state index is 12.3. The van der Waals surface area contributed by atoms with Crippen LogP contribution in [0.2, 0.25) is 0 Å². The van der Waals surface area contributed by atoms with Gasteiger partial charge in [0.2, 0.25) is 5.91 Å². The number of fused-ring (bicyclic) bond motifs is 1. The first kappa shape index (κ1) is 13.6. The Bertz CT molecular complexity index is 529. The molecule has 1 heterocycles. The molecule has 1 aliphatic rings. The number of carboxylic acid groups (broad SMARTS) is 1. The van der Waals surface area contributed by atoms with Gasteiger partial charge in [0.25, 0.3) is 0 Å². The summed E-state index contributed by atoms with van der Waals surface area (Å²) in [6.45, 7) is 6.76. The minimum atomic E-state index is -0.928. The van der Waals surface area contributed by atoms with Crippen LogP contribution in [-0.2, 0) is 11.2 Å². The van der Waals surface area contributed by atoms with E-state index in [4.69, 9.17) is 5.11 Å². The molecule has 0 bridgehead atoms. The van der Waals surface area contributed by atoms with Gasteiger partial charge in [-0.1, -0.05) is 20.8 Å². The van der Waals surface area contributed by atoms with Crippen LogP contribution in [0.3, 0.4) is 0 Å². The summed E-state index contributed by atoms with van der Waals surface area (Å²) in [7, 11) is 0. The molecule has 0 aliphatic carbocycles. The molecule has 19 heavy (non-hydrogen) atoms. The lowest BCUT2D eigenvalue weighted by Crippen LogP contribution is -2.31. The Morgan fingerprint density at radius 3 is 2.58 bits per heavy atom. The zero-order chi connectivity index (χ0) is 14.2. The zero-order valence-corrected chi connectivity index (χ0v) is 11.6. The van der Waals surface area contributed by atoms with Crippen molar-refractivity contribution in [3.05, 3.63) is 29.3 Å². The molecule has 1 aliphatic heterocycles. The average molecular weight is 261 g/mol. The van der Waals surface area contributed by atoms with Crippen molar-refractivity contribution in [1.82, 2.24) is 0 Å². The highest BCUT2D eigenvalue weighted by molar-refractivity contribution is 5.97. The molecule has 0 saturated carbocycles. The van der Waals surface area contributed by atoms with Gasteiger partial charge in [0.15, 0.2) is 0 Å². The molecule has 1 amide bonds. The molecule has 0 saturated heterocycles. The SMILES string of the molecule is CC(C)(C)CC(=O)N1CCc2cc(C(=O)O)ccc21. The molecule has 1 aromatic rings. The lowest BCUT2D eigenvalue weighted by molar-refractivity contribution is -0.120. The van der Waals surface area contributed by atoms with Crippen molar-refractivity contribution in [2.24, 2.45) is 5.41 Å². The van der Waals surface area contributed by atoms with Crippen LogP contribution in [0.15, 0.2) is 18.2 Å². The number of rotatable bonds is 2. The predicted octanol–water partition coefficient (Wildman–Crippen LogP) is 2.71. The average Bonchev–Trinajstić information content (AvgIpc) is 2.68. The van der Waals surface area contributed by atoms with Crippen LogP contribution < -0.4 is 4.90 Å². The Kier molecular flexibility index (Phi) is 3.35. The van der Waals surface area contributed by atoms with Gasteiger partial charge in [-0.2, -0.15) is 0 Å². The van der Waals surface area contributed by atoms with Gasteiger partial charge in [-0.05, 0) is 35.6 Å². The van der Waals surface area contributed by atoms with Crippen molar-refractivity contribution in [2.75, 3.05) is 11.4 Å². The molecule has 4 heteroatoms. The summed E-state index contributed by atoms with van der Waals surface area (Å²) in [6, 6.07) is 4.97. The largest absolute Gasteiger partial charge is 0.478 e. The number of carbonyl (C=O) groups excluding carboxylic acids is 1. The zero-order valence-electron chi connectivity index (χ0n) is 11.6. The van der Waals surface area contributed by atoms with E-state index in [-0.39, 0.29) is 16.9 Å². The highest BCUT2D eigenvalue weighted by atomic mass is 16.4. The molecule has 0 spiro atoms. The molecule has 1 aromatic carbocycles. The Hall–Kier alpha value is -1.84. The van der Waals surface area contributed by atoms with E-state index in [1.807, 2.05) is 20.8 Å². The first-order valence-electron chi connectivity index (χ1n) is 6.44. The van der Waals surface area contributed by atoms with Crippen molar-refractivity contribution in [3.8, 4) is 0 Å². The van der Waals surface area contributed by atoms with Crippen LogP contribution in [0.5, 0.6) is 0 Å². The van der Waals surface area contributed by atoms with Gasteiger partial charge >= 0.3 is 5.97 Å². The third kappa shape index (κ3) is 2.95. The fourth-order valence-electron chi connectivity index (χ4n) is 2.34. The normalized spacial score (nSPS) is 14.4.